The number of carbonyl (C=O) groups excluding carboxylic acids is 1. The van der Waals surface area contributed by atoms with Crippen LogP contribution >= 0.6 is 0 Å². The van der Waals surface area contributed by atoms with Crippen LogP contribution in [0.25, 0.3) is 0 Å². The van der Waals surface area contributed by atoms with Crippen LogP contribution in [-0.2, 0) is 4.74 Å². The van der Waals surface area contributed by atoms with Gasteiger partial charge in [0.1, 0.15) is 5.82 Å². The van der Waals surface area contributed by atoms with E-state index in [-0.39, 0.29) is 11.7 Å². The third kappa shape index (κ3) is 4.42. The SMILES string of the molecule is Cc1cc(N2CCOCC2)ccc1/C=N\NC(=O)c1ccc(F)cc1. The van der Waals surface area contributed by atoms with Crippen LogP contribution in [0.15, 0.2) is 47.6 Å². The fourth-order valence-electron chi connectivity index (χ4n) is 2.65. The van der Waals surface area contributed by atoms with Crippen LogP contribution in [0.4, 0.5) is 10.1 Å². The molecule has 0 saturated carbocycles. The van der Waals surface area contributed by atoms with E-state index in [9.17, 15) is 9.18 Å². The number of anilines is 1. The highest BCUT2D eigenvalue weighted by molar-refractivity contribution is 5.95. The minimum atomic E-state index is -0.379. The summed E-state index contributed by atoms with van der Waals surface area (Å²) in [6.07, 6.45) is 1.61. The number of rotatable bonds is 4. The lowest BCUT2D eigenvalue weighted by atomic mass is 10.1. The number of hydrogen-bond acceptors (Lipinski definition) is 4. The zero-order valence-corrected chi connectivity index (χ0v) is 14.0. The standard InChI is InChI=1S/C19H20FN3O2/c1-14-12-18(23-8-10-25-11-9-23)7-4-16(14)13-21-22-19(24)15-2-5-17(20)6-3-15/h2-7,12-13H,8-11H2,1H3,(H,22,24)/b21-13-. The zero-order chi connectivity index (χ0) is 17.6. The van der Waals surface area contributed by atoms with E-state index < -0.39 is 0 Å². The Morgan fingerprint density at radius 2 is 1.92 bits per heavy atom. The summed E-state index contributed by atoms with van der Waals surface area (Å²) >= 11 is 0. The van der Waals surface area contributed by atoms with Gasteiger partial charge in [0.05, 0.1) is 19.4 Å². The summed E-state index contributed by atoms with van der Waals surface area (Å²) in [6, 6.07) is 11.5. The van der Waals surface area contributed by atoms with Gasteiger partial charge in [-0.2, -0.15) is 5.10 Å². The van der Waals surface area contributed by atoms with Gasteiger partial charge in [-0.3, -0.25) is 4.79 Å². The summed E-state index contributed by atoms with van der Waals surface area (Å²) in [5, 5.41) is 3.99. The lowest BCUT2D eigenvalue weighted by molar-refractivity contribution is 0.0955. The lowest BCUT2D eigenvalue weighted by Gasteiger charge is -2.29. The first-order chi connectivity index (χ1) is 12.1. The number of benzene rings is 2. The van der Waals surface area contributed by atoms with Crippen molar-refractivity contribution in [2.45, 2.75) is 6.92 Å². The number of hydrogen-bond donors (Lipinski definition) is 1. The monoisotopic (exact) mass is 341 g/mol. The molecule has 0 atom stereocenters. The van der Waals surface area contributed by atoms with Crippen LogP contribution in [0.2, 0.25) is 0 Å². The molecule has 3 rings (SSSR count). The summed E-state index contributed by atoms with van der Waals surface area (Å²) in [7, 11) is 0. The quantitative estimate of drug-likeness (QED) is 0.687. The highest BCUT2D eigenvalue weighted by atomic mass is 19.1. The van der Waals surface area contributed by atoms with Crippen molar-refractivity contribution in [3.63, 3.8) is 0 Å². The van der Waals surface area contributed by atoms with Crippen molar-refractivity contribution in [2.75, 3.05) is 31.2 Å². The fraction of sp³-hybridized carbons (Fsp3) is 0.263. The minimum absolute atomic E-state index is 0.359. The summed E-state index contributed by atoms with van der Waals surface area (Å²) < 4.78 is 18.2. The smallest absolute Gasteiger partial charge is 0.271 e. The van der Waals surface area contributed by atoms with Crippen molar-refractivity contribution in [1.29, 1.82) is 0 Å². The number of ether oxygens (including phenoxy) is 1. The molecule has 1 aliphatic rings. The molecule has 1 aliphatic heterocycles. The van der Waals surface area contributed by atoms with Crippen molar-refractivity contribution in [3.05, 3.63) is 65.0 Å². The van der Waals surface area contributed by atoms with Gasteiger partial charge in [-0.25, -0.2) is 9.82 Å². The second-order valence-electron chi connectivity index (χ2n) is 5.85. The van der Waals surface area contributed by atoms with E-state index >= 15 is 0 Å². The van der Waals surface area contributed by atoms with E-state index in [1.807, 2.05) is 19.1 Å². The van der Waals surface area contributed by atoms with Crippen molar-refractivity contribution in [3.8, 4) is 0 Å². The van der Waals surface area contributed by atoms with E-state index in [1.54, 1.807) is 6.21 Å². The molecule has 0 aromatic heterocycles. The number of halogens is 1. The molecule has 130 valence electrons. The van der Waals surface area contributed by atoms with Gasteiger partial charge in [-0.05, 0) is 54.4 Å². The van der Waals surface area contributed by atoms with Crippen LogP contribution < -0.4 is 10.3 Å². The van der Waals surface area contributed by atoms with Crippen LogP contribution in [0.1, 0.15) is 21.5 Å². The molecule has 0 bridgehead atoms. The van der Waals surface area contributed by atoms with Crippen LogP contribution in [-0.4, -0.2) is 38.4 Å². The summed E-state index contributed by atoms with van der Waals surface area (Å²) in [5.74, 6) is -0.755. The second-order valence-corrected chi connectivity index (χ2v) is 5.85. The van der Waals surface area contributed by atoms with Crippen molar-refractivity contribution >= 4 is 17.8 Å². The third-order valence-electron chi connectivity index (χ3n) is 4.11. The van der Waals surface area contributed by atoms with Gasteiger partial charge in [0.15, 0.2) is 0 Å². The number of nitrogens with zero attached hydrogens (tertiary/aromatic N) is 2. The molecule has 0 radical (unpaired) electrons. The number of aryl methyl sites for hydroxylation is 1. The van der Waals surface area contributed by atoms with Crippen molar-refractivity contribution < 1.29 is 13.9 Å². The van der Waals surface area contributed by atoms with Crippen LogP contribution in [0.3, 0.4) is 0 Å². The van der Waals surface area contributed by atoms with Crippen LogP contribution in [0, 0.1) is 12.7 Å². The molecule has 6 heteroatoms. The minimum Gasteiger partial charge on any atom is -0.378 e. The molecule has 0 aliphatic carbocycles. The normalized spacial score (nSPS) is 14.7. The largest absolute Gasteiger partial charge is 0.378 e. The molecule has 1 amide bonds. The number of hydrazone groups is 1. The number of amides is 1. The molecule has 2 aromatic rings. The van der Waals surface area contributed by atoms with Gasteiger partial charge in [0, 0.05) is 24.3 Å². The van der Waals surface area contributed by atoms with Crippen LogP contribution in [0.5, 0.6) is 0 Å². The summed E-state index contributed by atoms with van der Waals surface area (Å²) in [4.78, 5) is 14.2. The van der Waals surface area contributed by atoms with E-state index in [4.69, 9.17) is 4.74 Å². The maximum atomic E-state index is 12.9. The second kappa shape index (κ2) is 7.90. The topological polar surface area (TPSA) is 53.9 Å². The molecule has 1 fully saturated rings. The molecule has 2 aromatic carbocycles. The molecule has 0 spiro atoms. The first-order valence-electron chi connectivity index (χ1n) is 8.16. The van der Waals surface area contributed by atoms with Gasteiger partial charge < -0.3 is 9.64 Å². The first kappa shape index (κ1) is 17.1. The average molecular weight is 341 g/mol. The van der Waals surface area contributed by atoms with E-state index in [0.29, 0.717) is 5.56 Å². The van der Waals surface area contributed by atoms with Gasteiger partial charge in [-0.15, -0.1) is 0 Å². The summed E-state index contributed by atoms with van der Waals surface area (Å²) in [5.41, 5.74) is 5.97. The predicted octanol–water partition coefficient (Wildman–Crippen LogP) is 2.73. The Morgan fingerprint density at radius 1 is 1.20 bits per heavy atom. The fourth-order valence-corrected chi connectivity index (χ4v) is 2.65. The first-order valence-corrected chi connectivity index (χ1v) is 8.16. The van der Waals surface area contributed by atoms with Crippen molar-refractivity contribution in [1.82, 2.24) is 5.43 Å². The molecule has 1 saturated heterocycles. The predicted molar refractivity (Wildman–Crippen MR) is 95.7 cm³/mol. The number of carbonyl (C=O) groups is 1. The highest BCUT2D eigenvalue weighted by Gasteiger charge is 2.11. The maximum Gasteiger partial charge on any atom is 0.271 e. The molecule has 1 N–H and O–H groups in total. The Hall–Kier alpha value is -2.73. The van der Waals surface area contributed by atoms with Gasteiger partial charge in [0.2, 0.25) is 0 Å². The molecule has 1 heterocycles. The molecule has 0 unspecified atom stereocenters. The Labute approximate surface area is 146 Å². The van der Waals surface area contributed by atoms with Gasteiger partial charge >= 0.3 is 0 Å². The van der Waals surface area contributed by atoms with Gasteiger partial charge in [0.25, 0.3) is 5.91 Å². The molecule has 5 nitrogen and oxygen atoms in total. The Morgan fingerprint density at radius 3 is 2.60 bits per heavy atom. The molecular formula is C19H20FN3O2. The Bertz CT molecular complexity index is 769. The maximum absolute atomic E-state index is 12.9. The van der Waals surface area contributed by atoms with Crippen molar-refractivity contribution in [2.24, 2.45) is 5.10 Å². The summed E-state index contributed by atoms with van der Waals surface area (Å²) in [6.45, 7) is 5.28. The van der Waals surface area contributed by atoms with Gasteiger partial charge in [-0.1, -0.05) is 6.07 Å². The Balaban J connectivity index is 1.63. The lowest BCUT2D eigenvalue weighted by Crippen LogP contribution is -2.36. The molecular weight excluding hydrogens is 321 g/mol. The number of nitrogens with one attached hydrogen (secondary N) is 1. The Kier molecular flexibility index (Phi) is 5.40. The highest BCUT2D eigenvalue weighted by Crippen LogP contribution is 2.19. The average Bonchev–Trinajstić information content (AvgIpc) is 2.64. The molecule has 25 heavy (non-hydrogen) atoms. The van der Waals surface area contributed by atoms with E-state index in [0.717, 1.165) is 43.1 Å². The third-order valence-corrected chi connectivity index (χ3v) is 4.11. The van der Waals surface area contributed by atoms with E-state index in [1.165, 1.54) is 24.3 Å². The zero-order valence-electron chi connectivity index (χ0n) is 14.0. The van der Waals surface area contributed by atoms with E-state index in [2.05, 4.69) is 21.5 Å². The number of morpholine rings is 1.